The molecular formula is C17H29IN4O2. The smallest absolute Gasteiger partial charge is 0.243 e. The molecule has 1 aromatic heterocycles. The lowest BCUT2D eigenvalue weighted by Crippen LogP contribution is -2.45. The van der Waals surface area contributed by atoms with E-state index >= 15 is 0 Å². The van der Waals surface area contributed by atoms with Crippen molar-refractivity contribution in [2.75, 3.05) is 27.2 Å². The van der Waals surface area contributed by atoms with Crippen LogP contribution in [0.2, 0.25) is 0 Å². The van der Waals surface area contributed by atoms with Crippen LogP contribution in [0.4, 0.5) is 0 Å². The van der Waals surface area contributed by atoms with Crippen LogP contribution in [-0.2, 0) is 11.2 Å². The van der Waals surface area contributed by atoms with Crippen LogP contribution in [0.25, 0.3) is 0 Å². The second-order valence-corrected chi connectivity index (χ2v) is 6.19. The fraction of sp³-hybridized carbons (Fsp3) is 0.647. The number of carbonyl (C=O) groups is 1. The molecule has 1 aromatic rings. The maximum atomic E-state index is 11.7. The number of hydrogen-bond acceptors (Lipinski definition) is 3. The molecule has 6 nitrogen and oxygen atoms in total. The van der Waals surface area contributed by atoms with Crippen molar-refractivity contribution < 1.29 is 9.21 Å². The normalized spacial score (nSPS) is 15.5. The Bertz CT molecular complexity index is 497. The Labute approximate surface area is 161 Å². The standard InChI is InChI=1S/C17H28N4O2.HI/c1-21(2)16(22)13-19-17(20-14-7-4-3-5-8-14)18-11-10-15-9-6-12-23-15;/h6,9,12,14H,3-5,7-8,10-11,13H2,1-2H3,(H2,18,19,20);1H. The molecule has 1 aliphatic rings. The topological polar surface area (TPSA) is 69.9 Å². The molecule has 136 valence electrons. The van der Waals surface area contributed by atoms with E-state index in [1.165, 1.54) is 32.1 Å². The average molecular weight is 448 g/mol. The van der Waals surface area contributed by atoms with Crippen molar-refractivity contribution in [1.82, 2.24) is 15.5 Å². The van der Waals surface area contributed by atoms with Crippen molar-refractivity contribution in [3.05, 3.63) is 24.2 Å². The Morgan fingerprint density at radius 2 is 2.08 bits per heavy atom. The van der Waals surface area contributed by atoms with Gasteiger partial charge < -0.3 is 20.0 Å². The molecule has 0 atom stereocenters. The highest BCUT2D eigenvalue weighted by Crippen LogP contribution is 2.17. The molecule has 1 heterocycles. The van der Waals surface area contributed by atoms with Crippen LogP contribution in [-0.4, -0.2) is 50.0 Å². The maximum Gasteiger partial charge on any atom is 0.243 e. The third-order valence-corrected chi connectivity index (χ3v) is 4.06. The van der Waals surface area contributed by atoms with Gasteiger partial charge in [0.15, 0.2) is 5.96 Å². The molecular weight excluding hydrogens is 419 g/mol. The molecule has 0 radical (unpaired) electrons. The maximum absolute atomic E-state index is 11.7. The van der Waals surface area contributed by atoms with E-state index < -0.39 is 0 Å². The van der Waals surface area contributed by atoms with Gasteiger partial charge in [-0.05, 0) is 25.0 Å². The number of nitrogens with zero attached hydrogens (tertiary/aromatic N) is 2. The Morgan fingerprint density at radius 3 is 2.71 bits per heavy atom. The van der Waals surface area contributed by atoms with Gasteiger partial charge in [-0.3, -0.25) is 4.79 Å². The van der Waals surface area contributed by atoms with Crippen LogP contribution >= 0.6 is 24.0 Å². The zero-order valence-corrected chi connectivity index (χ0v) is 16.9. The number of carbonyl (C=O) groups excluding carboxylic acids is 1. The molecule has 7 heteroatoms. The Hall–Kier alpha value is -1.25. The summed E-state index contributed by atoms with van der Waals surface area (Å²) in [5, 5.41) is 6.78. The highest BCUT2D eigenvalue weighted by molar-refractivity contribution is 14.0. The second kappa shape index (κ2) is 11.3. The van der Waals surface area contributed by atoms with Gasteiger partial charge in [0.05, 0.1) is 6.26 Å². The van der Waals surface area contributed by atoms with Gasteiger partial charge in [-0.2, -0.15) is 0 Å². The first kappa shape index (κ1) is 20.8. The van der Waals surface area contributed by atoms with Crippen molar-refractivity contribution >= 4 is 35.8 Å². The molecule has 1 fully saturated rings. The third-order valence-electron chi connectivity index (χ3n) is 4.06. The molecule has 0 bridgehead atoms. The van der Waals surface area contributed by atoms with Crippen LogP contribution in [0.1, 0.15) is 37.9 Å². The molecule has 24 heavy (non-hydrogen) atoms. The first-order valence-electron chi connectivity index (χ1n) is 8.42. The second-order valence-electron chi connectivity index (χ2n) is 6.19. The number of furan rings is 1. The van der Waals surface area contributed by atoms with Gasteiger partial charge in [0.2, 0.25) is 5.91 Å². The van der Waals surface area contributed by atoms with Gasteiger partial charge in [-0.25, -0.2) is 4.99 Å². The molecule has 1 saturated carbocycles. The molecule has 0 saturated heterocycles. The van der Waals surface area contributed by atoms with E-state index in [1.807, 2.05) is 12.1 Å². The highest BCUT2D eigenvalue weighted by Gasteiger charge is 2.15. The summed E-state index contributed by atoms with van der Waals surface area (Å²) in [4.78, 5) is 17.7. The van der Waals surface area contributed by atoms with Gasteiger partial charge >= 0.3 is 0 Å². The van der Waals surface area contributed by atoms with Crippen LogP contribution < -0.4 is 10.6 Å². The molecule has 1 amide bonds. The van der Waals surface area contributed by atoms with Crippen molar-refractivity contribution in [2.24, 2.45) is 4.99 Å². The van der Waals surface area contributed by atoms with Crippen molar-refractivity contribution in [2.45, 2.75) is 44.6 Å². The molecule has 0 unspecified atom stereocenters. The van der Waals surface area contributed by atoms with E-state index in [9.17, 15) is 4.79 Å². The number of rotatable bonds is 6. The van der Waals surface area contributed by atoms with Gasteiger partial charge in [0.1, 0.15) is 12.3 Å². The summed E-state index contributed by atoms with van der Waals surface area (Å²) in [6, 6.07) is 4.30. The molecule has 1 aliphatic carbocycles. The molecule has 0 aromatic carbocycles. The summed E-state index contributed by atoms with van der Waals surface area (Å²) in [6.07, 6.45) is 8.64. The lowest BCUT2D eigenvalue weighted by Gasteiger charge is -2.25. The quantitative estimate of drug-likeness (QED) is 0.399. The minimum Gasteiger partial charge on any atom is -0.469 e. The predicted molar refractivity (Wildman–Crippen MR) is 107 cm³/mol. The van der Waals surface area contributed by atoms with Crippen LogP contribution in [0.5, 0.6) is 0 Å². The number of likely N-dealkylation sites (N-methyl/N-ethyl adjacent to an activating group) is 1. The van der Waals surface area contributed by atoms with Crippen LogP contribution in [0, 0.1) is 0 Å². The number of aliphatic imine (C=N–C) groups is 1. The summed E-state index contributed by atoms with van der Waals surface area (Å²) in [7, 11) is 3.49. The van der Waals surface area contributed by atoms with Crippen LogP contribution in [0.15, 0.2) is 27.8 Å². The van der Waals surface area contributed by atoms with Crippen molar-refractivity contribution in [3.8, 4) is 0 Å². The molecule has 0 aliphatic heterocycles. The Kier molecular flexibility index (Phi) is 9.82. The Morgan fingerprint density at radius 1 is 1.33 bits per heavy atom. The zero-order valence-electron chi connectivity index (χ0n) is 14.6. The number of guanidine groups is 1. The number of nitrogens with one attached hydrogen (secondary N) is 2. The monoisotopic (exact) mass is 448 g/mol. The minimum atomic E-state index is 0. The molecule has 0 spiro atoms. The zero-order chi connectivity index (χ0) is 16.5. The summed E-state index contributed by atoms with van der Waals surface area (Å²) < 4.78 is 5.33. The van der Waals surface area contributed by atoms with E-state index in [0.717, 1.165) is 24.7 Å². The summed E-state index contributed by atoms with van der Waals surface area (Å²) in [5.41, 5.74) is 0. The SMILES string of the molecule is CN(C)C(=O)CN=C(NCCc1ccco1)NC1CCCCC1.I. The number of halogens is 1. The predicted octanol–water partition coefficient (Wildman–Crippen LogP) is 2.40. The Balaban J connectivity index is 0.00000288. The van der Waals surface area contributed by atoms with E-state index in [1.54, 1.807) is 25.3 Å². The molecule has 2 N–H and O–H groups in total. The van der Waals surface area contributed by atoms with E-state index in [0.29, 0.717) is 6.04 Å². The number of amides is 1. The summed E-state index contributed by atoms with van der Waals surface area (Å²) in [6.45, 7) is 0.887. The lowest BCUT2D eigenvalue weighted by molar-refractivity contribution is -0.127. The van der Waals surface area contributed by atoms with Gasteiger partial charge in [0.25, 0.3) is 0 Å². The van der Waals surface area contributed by atoms with Crippen molar-refractivity contribution in [1.29, 1.82) is 0 Å². The lowest BCUT2D eigenvalue weighted by atomic mass is 9.96. The first-order chi connectivity index (χ1) is 11.1. The van der Waals surface area contributed by atoms with Gasteiger partial charge in [-0.1, -0.05) is 19.3 Å². The highest BCUT2D eigenvalue weighted by atomic mass is 127. The molecule has 2 rings (SSSR count). The van der Waals surface area contributed by atoms with Gasteiger partial charge in [-0.15, -0.1) is 24.0 Å². The first-order valence-corrected chi connectivity index (χ1v) is 8.42. The van der Waals surface area contributed by atoms with Crippen molar-refractivity contribution in [3.63, 3.8) is 0 Å². The third kappa shape index (κ3) is 7.55. The summed E-state index contributed by atoms with van der Waals surface area (Å²) in [5.74, 6) is 1.67. The fourth-order valence-corrected chi connectivity index (χ4v) is 2.64. The van der Waals surface area contributed by atoms with Gasteiger partial charge in [0, 0.05) is 33.1 Å². The largest absolute Gasteiger partial charge is 0.469 e. The fourth-order valence-electron chi connectivity index (χ4n) is 2.64. The van der Waals surface area contributed by atoms with E-state index in [2.05, 4.69) is 15.6 Å². The average Bonchev–Trinajstić information content (AvgIpc) is 3.06. The van der Waals surface area contributed by atoms with E-state index in [4.69, 9.17) is 4.42 Å². The number of hydrogen-bond donors (Lipinski definition) is 2. The minimum absolute atomic E-state index is 0. The van der Waals surface area contributed by atoms with Crippen LogP contribution in [0.3, 0.4) is 0 Å². The summed E-state index contributed by atoms with van der Waals surface area (Å²) >= 11 is 0. The van der Waals surface area contributed by atoms with E-state index in [-0.39, 0.29) is 36.4 Å².